The molecular formula is C10H20N2O5S. The van der Waals surface area contributed by atoms with Gasteiger partial charge in [0, 0.05) is 0 Å². The first-order chi connectivity index (χ1) is 8.54. The zero-order chi connectivity index (χ0) is 14.0. The van der Waals surface area contributed by atoms with Crippen LogP contribution in [0.2, 0.25) is 0 Å². The summed E-state index contributed by atoms with van der Waals surface area (Å²) in [6.45, 7) is -0.996. The van der Waals surface area contributed by atoms with Crippen molar-refractivity contribution in [3.8, 4) is 0 Å². The zero-order valence-corrected chi connectivity index (χ0v) is 11.1. The molecule has 0 bridgehead atoms. The summed E-state index contributed by atoms with van der Waals surface area (Å²) in [5.74, 6) is -0.410. The Kier molecular flexibility index (Phi) is 9.66. The molecule has 106 valence electrons. The number of nitrogens with one attached hydrogen (secondary N) is 1. The van der Waals surface area contributed by atoms with E-state index >= 15 is 0 Å². The van der Waals surface area contributed by atoms with Crippen LogP contribution in [0.15, 0.2) is 0 Å². The van der Waals surface area contributed by atoms with E-state index in [9.17, 15) is 9.59 Å². The highest BCUT2D eigenvalue weighted by molar-refractivity contribution is 7.98. The van der Waals surface area contributed by atoms with E-state index < -0.39 is 30.6 Å². The molecule has 18 heavy (non-hydrogen) atoms. The van der Waals surface area contributed by atoms with Crippen molar-refractivity contribution in [1.29, 1.82) is 0 Å². The van der Waals surface area contributed by atoms with Gasteiger partial charge in [-0.25, -0.2) is 4.79 Å². The largest absolute Gasteiger partial charge is 0.461 e. The second-order valence-corrected chi connectivity index (χ2v) is 4.56. The van der Waals surface area contributed by atoms with Crippen molar-refractivity contribution < 1.29 is 24.5 Å². The van der Waals surface area contributed by atoms with E-state index in [0.717, 1.165) is 0 Å². The Bertz CT molecular complexity index is 265. The Balaban J connectivity index is 4.25. The van der Waals surface area contributed by atoms with Crippen LogP contribution in [0.4, 0.5) is 0 Å². The summed E-state index contributed by atoms with van der Waals surface area (Å²) in [5, 5.41) is 20.1. The second-order valence-electron chi connectivity index (χ2n) is 3.57. The number of ether oxygens (including phenoxy) is 1. The highest BCUT2D eigenvalue weighted by Gasteiger charge is 2.22. The average molecular weight is 280 g/mol. The van der Waals surface area contributed by atoms with Gasteiger partial charge in [-0.2, -0.15) is 11.8 Å². The van der Waals surface area contributed by atoms with Crippen LogP contribution in [-0.2, 0) is 14.3 Å². The van der Waals surface area contributed by atoms with Crippen LogP contribution < -0.4 is 11.1 Å². The zero-order valence-electron chi connectivity index (χ0n) is 10.3. The maximum Gasteiger partial charge on any atom is 0.328 e. The minimum Gasteiger partial charge on any atom is -0.461 e. The van der Waals surface area contributed by atoms with Crippen LogP contribution in [0.3, 0.4) is 0 Å². The van der Waals surface area contributed by atoms with Crippen molar-refractivity contribution >= 4 is 23.6 Å². The normalized spacial score (nSPS) is 13.8. The van der Waals surface area contributed by atoms with E-state index in [-0.39, 0.29) is 13.2 Å². The van der Waals surface area contributed by atoms with Crippen molar-refractivity contribution in [3.05, 3.63) is 0 Å². The number of nitrogens with two attached hydrogens (primary N) is 1. The lowest BCUT2D eigenvalue weighted by atomic mass is 10.2. The van der Waals surface area contributed by atoms with E-state index in [2.05, 4.69) is 5.32 Å². The Morgan fingerprint density at radius 1 is 1.50 bits per heavy atom. The van der Waals surface area contributed by atoms with E-state index in [1.807, 2.05) is 6.26 Å². The van der Waals surface area contributed by atoms with Gasteiger partial charge in [-0.3, -0.25) is 4.79 Å². The Labute approximate surface area is 110 Å². The maximum atomic E-state index is 11.6. The molecule has 0 aromatic carbocycles. The molecule has 7 nitrogen and oxygen atoms in total. The topological polar surface area (TPSA) is 122 Å². The summed E-state index contributed by atoms with van der Waals surface area (Å²) in [6.07, 6.45) is 1.18. The average Bonchev–Trinajstić information content (AvgIpc) is 2.39. The number of rotatable bonds is 9. The van der Waals surface area contributed by atoms with Crippen LogP contribution in [-0.4, -0.2) is 66.0 Å². The third-order valence-corrected chi connectivity index (χ3v) is 2.69. The third kappa shape index (κ3) is 7.49. The number of esters is 1. The quantitative estimate of drug-likeness (QED) is 0.363. The fourth-order valence-electron chi connectivity index (χ4n) is 1.07. The minimum atomic E-state index is -1.11. The van der Waals surface area contributed by atoms with Crippen molar-refractivity contribution in [1.82, 2.24) is 5.32 Å². The molecule has 0 aromatic heterocycles. The van der Waals surface area contributed by atoms with Crippen molar-refractivity contribution in [3.63, 3.8) is 0 Å². The first-order valence-corrected chi connectivity index (χ1v) is 6.88. The van der Waals surface area contributed by atoms with Gasteiger partial charge in [0.15, 0.2) is 0 Å². The minimum absolute atomic E-state index is 0.206. The van der Waals surface area contributed by atoms with Gasteiger partial charge in [-0.05, 0) is 18.4 Å². The summed E-state index contributed by atoms with van der Waals surface area (Å²) in [7, 11) is 0. The van der Waals surface area contributed by atoms with Gasteiger partial charge in [-0.1, -0.05) is 0 Å². The molecule has 0 rings (SSSR count). The molecule has 0 aliphatic carbocycles. The fourth-order valence-corrected chi connectivity index (χ4v) is 1.54. The molecule has 2 atom stereocenters. The summed E-state index contributed by atoms with van der Waals surface area (Å²) in [5.41, 5.74) is 5.15. The van der Waals surface area contributed by atoms with Gasteiger partial charge in [0.1, 0.15) is 18.8 Å². The van der Waals surface area contributed by atoms with Crippen LogP contribution in [0.5, 0.6) is 0 Å². The summed E-state index contributed by atoms with van der Waals surface area (Å²) in [4.78, 5) is 22.8. The number of aliphatic hydroxyl groups is 2. The number of thioether (sulfide) groups is 1. The fraction of sp³-hybridized carbons (Fsp3) is 0.800. The molecule has 0 aliphatic heterocycles. The number of carbonyl (C=O) groups is 2. The van der Waals surface area contributed by atoms with Gasteiger partial charge < -0.3 is 26.0 Å². The van der Waals surface area contributed by atoms with Gasteiger partial charge in [0.05, 0.1) is 13.2 Å². The standard InChI is InChI=1S/C10H20N2O5S/c1-18-3-2-8(12-9(15)4-11)10(16)17-6-7(14)5-13/h7-8,13-14H,2-6,11H2,1H3,(H,12,15)/t7?,8-/m0/s1. The van der Waals surface area contributed by atoms with E-state index in [4.69, 9.17) is 20.7 Å². The molecule has 5 N–H and O–H groups in total. The molecule has 8 heteroatoms. The van der Waals surface area contributed by atoms with Gasteiger partial charge in [0.25, 0.3) is 0 Å². The lowest BCUT2D eigenvalue weighted by Crippen LogP contribution is -2.45. The second kappa shape index (κ2) is 10.1. The molecule has 1 unspecified atom stereocenters. The first kappa shape index (κ1) is 17.2. The number of carbonyl (C=O) groups excluding carboxylic acids is 2. The van der Waals surface area contributed by atoms with Crippen molar-refractivity contribution in [2.24, 2.45) is 5.73 Å². The molecule has 1 amide bonds. The van der Waals surface area contributed by atoms with E-state index in [1.165, 1.54) is 11.8 Å². The lowest BCUT2D eigenvalue weighted by Gasteiger charge is -2.17. The highest BCUT2D eigenvalue weighted by Crippen LogP contribution is 2.03. The molecule has 0 saturated heterocycles. The Morgan fingerprint density at radius 2 is 2.17 bits per heavy atom. The predicted octanol–water partition coefficient (Wildman–Crippen LogP) is -1.92. The highest BCUT2D eigenvalue weighted by atomic mass is 32.2. The summed E-state index contributed by atoms with van der Waals surface area (Å²) >= 11 is 1.53. The molecule has 0 aromatic rings. The molecule has 0 aliphatic rings. The number of aliphatic hydroxyl groups excluding tert-OH is 2. The van der Waals surface area contributed by atoms with Gasteiger partial charge in [0.2, 0.25) is 5.91 Å². The van der Waals surface area contributed by atoms with Crippen LogP contribution in [0, 0.1) is 0 Å². The first-order valence-electron chi connectivity index (χ1n) is 5.49. The lowest BCUT2D eigenvalue weighted by molar-refractivity contribution is -0.151. The van der Waals surface area contributed by atoms with Crippen LogP contribution in [0.1, 0.15) is 6.42 Å². The van der Waals surface area contributed by atoms with Gasteiger partial charge >= 0.3 is 5.97 Å². The van der Waals surface area contributed by atoms with E-state index in [0.29, 0.717) is 12.2 Å². The summed E-state index contributed by atoms with van der Waals surface area (Å²) < 4.78 is 4.79. The van der Waals surface area contributed by atoms with Crippen LogP contribution >= 0.6 is 11.8 Å². The number of hydrogen-bond acceptors (Lipinski definition) is 7. The van der Waals surface area contributed by atoms with Crippen LogP contribution in [0.25, 0.3) is 0 Å². The summed E-state index contributed by atoms with van der Waals surface area (Å²) in [6, 6.07) is -0.778. The number of hydrogen-bond donors (Lipinski definition) is 4. The maximum absolute atomic E-state index is 11.6. The van der Waals surface area contributed by atoms with Crippen molar-refractivity contribution in [2.45, 2.75) is 18.6 Å². The Morgan fingerprint density at radius 3 is 2.67 bits per heavy atom. The van der Waals surface area contributed by atoms with Crippen molar-refractivity contribution in [2.75, 3.05) is 31.8 Å². The third-order valence-electron chi connectivity index (χ3n) is 2.04. The predicted molar refractivity (Wildman–Crippen MR) is 68.0 cm³/mol. The molecule has 0 saturated carbocycles. The van der Waals surface area contributed by atoms with E-state index in [1.54, 1.807) is 0 Å². The molecule has 0 fully saturated rings. The smallest absolute Gasteiger partial charge is 0.328 e. The molecule has 0 heterocycles. The number of amides is 1. The SMILES string of the molecule is CSCC[C@H](NC(=O)CN)C(=O)OCC(O)CO. The monoisotopic (exact) mass is 280 g/mol. The Hall–Kier alpha value is -0.830. The van der Waals surface area contributed by atoms with Gasteiger partial charge in [-0.15, -0.1) is 0 Å². The molecular weight excluding hydrogens is 260 g/mol. The molecule has 0 radical (unpaired) electrons. The molecule has 0 spiro atoms.